The number of aromatic nitrogens is 1. The summed E-state index contributed by atoms with van der Waals surface area (Å²) in [5.41, 5.74) is 1.25. The Hall–Kier alpha value is -0.930. The molecule has 19 heavy (non-hydrogen) atoms. The predicted molar refractivity (Wildman–Crippen MR) is 78.3 cm³/mol. The monoisotopic (exact) mass is 273 g/mol. The molecule has 2 bridgehead atoms. The number of nitrogens with zero attached hydrogens (tertiary/aromatic N) is 1. The molecule has 2 aliphatic rings. The highest BCUT2D eigenvalue weighted by Crippen LogP contribution is 2.57. The number of hydrogen-bond donors (Lipinski definition) is 1. The van der Waals surface area contributed by atoms with Gasteiger partial charge in [-0.3, -0.25) is 0 Å². The maximum atomic E-state index is 9.95. The van der Waals surface area contributed by atoms with Crippen LogP contribution in [0.25, 0.3) is 10.2 Å². The summed E-state index contributed by atoms with van der Waals surface area (Å²) >= 11 is 1.80. The first-order valence-electron chi connectivity index (χ1n) is 7.24. The van der Waals surface area contributed by atoms with Crippen LogP contribution < -0.4 is 0 Å². The summed E-state index contributed by atoms with van der Waals surface area (Å²) in [5, 5.41) is 11.2. The maximum Gasteiger partial charge on any atom is 0.0945 e. The second-order valence-electron chi connectivity index (χ2n) is 6.35. The highest BCUT2D eigenvalue weighted by molar-refractivity contribution is 7.18. The van der Waals surface area contributed by atoms with E-state index in [2.05, 4.69) is 18.2 Å². The quantitative estimate of drug-likeness (QED) is 0.926. The number of hydrogen-bond acceptors (Lipinski definition) is 3. The van der Waals surface area contributed by atoms with Crippen LogP contribution in [0, 0.1) is 17.3 Å². The zero-order chi connectivity index (χ0) is 12.9. The van der Waals surface area contributed by atoms with E-state index in [-0.39, 0.29) is 5.41 Å². The summed E-state index contributed by atoms with van der Waals surface area (Å²) in [6.07, 6.45) is 6.22. The molecule has 1 aromatic carbocycles. The summed E-state index contributed by atoms with van der Waals surface area (Å²) in [5.74, 6) is 1.60. The number of benzene rings is 1. The second-order valence-corrected chi connectivity index (χ2v) is 7.47. The molecular weight excluding hydrogens is 254 g/mol. The lowest BCUT2D eigenvalue weighted by Gasteiger charge is -2.35. The van der Waals surface area contributed by atoms with E-state index in [0.717, 1.165) is 23.8 Å². The average molecular weight is 273 g/mol. The fourth-order valence-corrected chi connectivity index (χ4v) is 5.44. The highest BCUT2D eigenvalue weighted by Gasteiger charge is 2.50. The van der Waals surface area contributed by atoms with E-state index in [0.29, 0.717) is 6.61 Å². The van der Waals surface area contributed by atoms with Gasteiger partial charge < -0.3 is 5.11 Å². The molecule has 0 spiro atoms. The highest BCUT2D eigenvalue weighted by atomic mass is 32.1. The van der Waals surface area contributed by atoms with Crippen molar-refractivity contribution >= 4 is 21.6 Å². The third-order valence-corrected chi connectivity index (χ3v) is 6.30. The molecule has 2 nitrogen and oxygen atoms in total. The van der Waals surface area contributed by atoms with Crippen LogP contribution in [0.5, 0.6) is 0 Å². The van der Waals surface area contributed by atoms with Gasteiger partial charge in [0.15, 0.2) is 0 Å². The molecule has 2 fully saturated rings. The van der Waals surface area contributed by atoms with Gasteiger partial charge in [0.25, 0.3) is 0 Å². The molecule has 100 valence electrons. The van der Waals surface area contributed by atoms with Gasteiger partial charge in [0.2, 0.25) is 0 Å². The number of para-hydroxylation sites is 1. The first kappa shape index (κ1) is 11.9. The van der Waals surface area contributed by atoms with E-state index in [1.54, 1.807) is 11.3 Å². The van der Waals surface area contributed by atoms with Gasteiger partial charge in [-0.25, -0.2) is 4.98 Å². The number of thiazole rings is 1. The molecule has 4 rings (SSSR count). The van der Waals surface area contributed by atoms with Crippen molar-refractivity contribution in [1.82, 2.24) is 4.98 Å². The van der Waals surface area contributed by atoms with E-state index >= 15 is 0 Å². The van der Waals surface area contributed by atoms with E-state index in [1.165, 1.54) is 35.4 Å². The van der Waals surface area contributed by atoms with Gasteiger partial charge in [0.05, 0.1) is 15.2 Å². The minimum atomic E-state index is 0.136. The third kappa shape index (κ3) is 1.83. The van der Waals surface area contributed by atoms with Gasteiger partial charge in [0.1, 0.15) is 0 Å². The Morgan fingerprint density at radius 1 is 1.32 bits per heavy atom. The van der Waals surface area contributed by atoms with Crippen LogP contribution in [-0.2, 0) is 6.42 Å². The SMILES string of the molecule is OCC1(Cc2nc3ccccc3s2)CC2CCC1C2. The third-order valence-electron chi connectivity index (χ3n) is 5.26. The van der Waals surface area contributed by atoms with E-state index in [9.17, 15) is 5.11 Å². The summed E-state index contributed by atoms with van der Waals surface area (Å²) in [7, 11) is 0. The van der Waals surface area contributed by atoms with Gasteiger partial charge >= 0.3 is 0 Å². The zero-order valence-corrected chi connectivity index (χ0v) is 11.8. The predicted octanol–water partition coefficient (Wildman–Crippen LogP) is 3.64. The van der Waals surface area contributed by atoms with Gasteiger partial charge in [-0.2, -0.15) is 0 Å². The summed E-state index contributed by atoms with van der Waals surface area (Å²) in [6, 6.07) is 8.35. The van der Waals surface area contributed by atoms with Crippen molar-refractivity contribution in [2.24, 2.45) is 17.3 Å². The molecule has 1 aromatic heterocycles. The summed E-state index contributed by atoms with van der Waals surface area (Å²) in [4.78, 5) is 4.76. The standard InChI is InChI=1S/C16H19NOS/c18-10-16(8-11-5-6-12(16)7-11)9-15-17-13-3-1-2-4-14(13)19-15/h1-4,11-12,18H,5-10H2. The van der Waals surface area contributed by atoms with E-state index in [4.69, 9.17) is 4.98 Å². The van der Waals surface area contributed by atoms with Gasteiger partial charge in [-0.15, -0.1) is 11.3 Å². The topological polar surface area (TPSA) is 33.1 Å². The summed E-state index contributed by atoms with van der Waals surface area (Å²) < 4.78 is 1.27. The molecule has 2 aromatic rings. The van der Waals surface area contributed by atoms with Crippen LogP contribution in [0.4, 0.5) is 0 Å². The Bertz CT molecular complexity index is 575. The minimum absolute atomic E-state index is 0.136. The molecule has 3 atom stereocenters. The number of aliphatic hydroxyl groups excluding tert-OH is 1. The number of aliphatic hydroxyl groups is 1. The number of fused-ring (bicyclic) bond motifs is 3. The molecule has 0 radical (unpaired) electrons. The molecule has 2 aliphatic carbocycles. The van der Waals surface area contributed by atoms with Crippen LogP contribution in [0.1, 0.15) is 30.7 Å². The molecule has 2 saturated carbocycles. The van der Waals surface area contributed by atoms with Gasteiger partial charge in [-0.1, -0.05) is 18.6 Å². The fraction of sp³-hybridized carbons (Fsp3) is 0.562. The molecule has 1 N–H and O–H groups in total. The molecule has 0 aliphatic heterocycles. The molecular formula is C16H19NOS. The maximum absolute atomic E-state index is 9.95. The lowest BCUT2D eigenvalue weighted by molar-refractivity contribution is 0.0651. The van der Waals surface area contributed by atoms with Crippen molar-refractivity contribution < 1.29 is 5.11 Å². The van der Waals surface area contributed by atoms with E-state index < -0.39 is 0 Å². The Morgan fingerprint density at radius 2 is 2.21 bits per heavy atom. The number of rotatable bonds is 3. The fourth-order valence-electron chi connectivity index (χ4n) is 4.32. The Morgan fingerprint density at radius 3 is 2.89 bits per heavy atom. The smallest absolute Gasteiger partial charge is 0.0945 e. The first-order valence-corrected chi connectivity index (χ1v) is 8.06. The normalized spacial score (nSPS) is 33.3. The molecule has 1 heterocycles. The van der Waals surface area contributed by atoms with Crippen molar-refractivity contribution in [1.29, 1.82) is 0 Å². The molecule has 3 heteroatoms. The van der Waals surface area contributed by atoms with Gasteiger partial charge in [0, 0.05) is 18.4 Å². The second kappa shape index (κ2) is 4.29. The van der Waals surface area contributed by atoms with Crippen molar-refractivity contribution in [2.45, 2.75) is 32.1 Å². The largest absolute Gasteiger partial charge is 0.396 e. The van der Waals surface area contributed by atoms with Crippen molar-refractivity contribution in [3.63, 3.8) is 0 Å². The Labute approximate surface area is 117 Å². The Kier molecular flexibility index (Phi) is 2.68. The van der Waals surface area contributed by atoms with Crippen LogP contribution >= 0.6 is 11.3 Å². The van der Waals surface area contributed by atoms with Crippen molar-refractivity contribution in [3.05, 3.63) is 29.3 Å². The molecule has 0 saturated heterocycles. The lowest BCUT2D eigenvalue weighted by atomic mass is 9.71. The van der Waals surface area contributed by atoms with Crippen molar-refractivity contribution in [3.8, 4) is 0 Å². The minimum Gasteiger partial charge on any atom is -0.396 e. The van der Waals surface area contributed by atoms with Crippen LogP contribution in [0.15, 0.2) is 24.3 Å². The summed E-state index contributed by atoms with van der Waals surface area (Å²) in [6.45, 7) is 0.337. The molecule has 0 amide bonds. The molecule has 3 unspecified atom stereocenters. The van der Waals surface area contributed by atoms with Gasteiger partial charge in [-0.05, 0) is 43.2 Å². The average Bonchev–Trinajstić information content (AvgIpc) is 3.11. The Balaban J connectivity index is 1.66. The first-order chi connectivity index (χ1) is 9.29. The zero-order valence-electron chi connectivity index (χ0n) is 11.0. The van der Waals surface area contributed by atoms with Crippen molar-refractivity contribution in [2.75, 3.05) is 6.61 Å². The lowest BCUT2D eigenvalue weighted by Crippen LogP contribution is -2.34. The van der Waals surface area contributed by atoms with E-state index in [1.807, 2.05) is 6.07 Å². The van der Waals surface area contributed by atoms with Crippen LogP contribution in [0.3, 0.4) is 0 Å². The van der Waals surface area contributed by atoms with Crippen LogP contribution in [-0.4, -0.2) is 16.7 Å². The van der Waals surface area contributed by atoms with Crippen LogP contribution in [0.2, 0.25) is 0 Å².